The number of likely N-dealkylation sites (N-methyl/N-ethyl adjacent to an activating group) is 1. The number of methoxy groups -OCH3 is 1. The molecule has 2 fully saturated rings. The fourth-order valence-electron chi connectivity index (χ4n) is 7.38. The molecule has 4 heterocycles. The monoisotopic (exact) mass is 638 g/mol. The van der Waals surface area contributed by atoms with Crippen molar-refractivity contribution in [2.45, 2.75) is 31.2 Å². The first kappa shape index (κ1) is 30.7. The summed E-state index contributed by atoms with van der Waals surface area (Å²) in [6.45, 7) is 4.49. The van der Waals surface area contributed by atoms with Gasteiger partial charge in [0.05, 0.1) is 18.5 Å². The van der Waals surface area contributed by atoms with Gasteiger partial charge >= 0.3 is 0 Å². The summed E-state index contributed by atoms with van der Waals surface area (Å²) in [4.78, 5) is 37.3. The van der Waals surface area contributed by atoms with Crippen LogP contribution in [0.2, 0.25) is 0 Å². The van der Waals surface area contributed by atoms with Gasteiger partial charge in [-0.2, -0.15) is 5.10 Å². The van der Waals surface area contributed by atoms with Gasteiger partial charge in [0.2, 0.25) is 0 Å². The number of nitrogens with zero attached hydrogens (tertiary/aromatic N) is 6. The highest BCUT2D eigenvalue weighted by molar-refractivity contribution is 7.10. The number of piperazine rings is 1. The minimum Gasteiger partial charge on any atom is -0.497 e. The maximum atomic E-state index is 13.8. The molecule has 9 nitrogen and oxygen atoms in total. The normalized spacial score (nSPS) is 17.9. The highest BCUT2D eigenvalue weighted by atomic mass is 32.1. The second-order valence-electron chi connectivity index (χ2n) is 12.9. The molecule has 2 aromatic carbocycles. The van der Waals surface area contributed by atoms with Gasteiger partial charge in [-0.05, 0) is 100 Å². The third-order valence-corrected chi connectivity index (χ3v) is 11.3. The van der Waals surface area contributed by atoms with E-state index in [0.717, 1.165) is 67.0 Å². The van der Waals surface area contributed by atoms with E-state index in [4.69, 9.17) is 9.84 Å². The first-order valence-corrected chi connectivity index (χ1v) is 17.0. The van der Waals surface area contributed by atoms with E-state index < -0.39 is 0 Å². The number of benzene rings is 2. The fourth-order valence-corrected chi connectivity index (χ4v) is 8.26. The Balaban J connectivity index is 1.13. The zero-order valence-electron chi connectivity index (χ0n) is 27.2. The molecule has 0 radical (unpaired) electrons. The van der Waals surface area contributed by atoms with Crippen molar-refractivity contribution in [3.8, 4) is 22.7 Å². The van der Waals surface area contributed by atoms with Gasteiger partial charge in [0.1, 0.15) is 5.75 Å². The molecule has 46 heavy (non-hydrogen) atoms. The van der Waals surface area contributed by atoms with Crippen LogP contribution in [0.15, 0.2) is 60.0 Å². The first-order chi connectivity index (χ1) is 22.3. The Morgan fingerprint density at radius 2 is 1.61 bits per heavy atom. The Kier molecular flexibility index (Phi) is 8.21. The van der Waals surface area contributed by atoms with Crippen LogP contribution in [0.1, 0.15) is 49.7 Å². The lowest BCUT2D eigenvalue weighted by Crippen LogP contribution is -2.51. The van der Waals surface area contributed by atoms with Gasteiger partial charge in [-0.25, -0.2) is 4.68 Å². The molecule has 0 unspecified atom stereocenters. The molecule has 0 atom stereocenters. The number of piperidine rings is 1. The molecule has 0 spiro atoms. The number of rotatable bonds is 6. The quantitative estimate of drug-likeness (QED) is 0.303. The summed E-state index contributed by atoms with van der Waals surface area (Å²) in [6, 6.07) is 18.2. The number of ether oxygens (including phenoxy) is 1. The third-order valence-electron chi connectivity index (χ3n) is 10.3. The zero-order valence-corrected chi connectivity index (χ0v) is 28.0. The number of hydrogen-bond acceptors (Lipinski definition) is 7. The SMILES string of the molecule is COc1cccc(C2(N(C)C)CCN(C(=O)c3ccc(-n4nc(C(=O)N5CCN(C)CC5)c5c4-c4ccsc4CC5)cc3)CC2)c1. The Bertz CT molecular complexity index is 1740. The average molecular weight is 639 g/mol. The van der Waals surface area contributed by atoms with Gasteiger partial charge in [-0.15, -0.1) is 11.3 Å². The van der Waals surface area contributed by atoms with Crippen molar-refractivity contribution < 1.29 is 14.3 Å². The second kappa shape index (κ2) is 12.3. The van der Waals surface area contributed by atoms with Gasteiger partial charge < -0.3 is 19.4 Å². The number of aryl methyl sites for hydroxylation is 1. The summed E-state index contributed by atoms with van der Waals surface area (Å²) >= 11 is 1.76. The largest absolute Gasteiger partial charge is 0.497 e. The predicted octanol–water partition coefficient (Wildman–Crippen LogP) is 4.79. The van der Waals surface area contributed by atoms with Gasteiger partial charge in [-0.1, -0.05) is 12.1 Å². The van der Waals surface area contributed by atoms with Crippen molar-refractivity contribution in [3.05, 3.63) is 87.2 Å². The molecular weight excluding hydrogens is 597 g/mol. The average Bonchev–Trinajstić information content (AvgIpc) is 3.73. The lowest BCUT2D eigenvalue weighted by atomic mass is 9.79. The van der Waals surface area contributed by atoms with Crippen LogP contribution in [0.4, 0.5) is 0 Å². The van der Waals surface area contributed by atoms with Crippen LogP contribution in [0, 0.1) is 0 Å². The molecule has 2 saturated heterocycles. The van der Waals surface area contributed by atoms with Crippen LogP contribution >= 0.6 is 11.3 Å². The molecule has 4 aromatic rings. The van der Waals surface area contributed by atoms with E-state index in [-0.39, 0.29) is 17.4 Å². The fraction of sp³-hybridized carbons (Fsp3) is 0.417. The number of amides is 2. The molecule has 240 valence electrons. The van der Waals surface area contributed by atoms with Gasteiger partial charge in [0, 0.05) is 66.4 Å². The van der Waals surface area contributed by atoms with E-state index in [1.807, 2.05) is 50.9 Å². The molecule has 0 saturated carbocycles. The summed E-state index contributed by atoms with van der Waals surface area (Å²) in [5, 5.41) is 7.10. The van der Waals surface area contributed by atoms with Gasteiger partial charge in [0.25, 0.3) is 11.8 Å². The zero-order chi connectivity index (χ0) is 32.0. The van der Waals surface area contributed by atoms with E-state index in [2.05, 4.69) is 54.5 Å². The van der Waals surface area contributed by atoms with Gasteiger partial charge in [-0.3, -0.25) is 14.5 Å². The van der Waals surface area contributed by atoms with E-state index in [9.17, 15) is 9.59 Å². The first-order valence-electron chi connectivity index (χ1n) is 16.2. The van der Waals surface area contributed by atoms with Crippen molar-refractivity contribution in [2.24, 2.45) is 0 Å². The molecule has 2 aliphatic heterocycles. The Morgan fingerprint density at radius 3 is 2.30 bits per heavy atom. The lowest BCUT2D eigenvalue weighted by Gasteiger charge is -2.46. The van der Waals surface area contributed by atoms with Crippen LogP contribution < -0.4 is 4.74 Å². The van der Waals surface area contributed by atoms with Gasteiger partial charge in [0.15, 0.2) is 5.69 Å². The summed E-state index contributed by atoms with van der Waals surface area (Å²) in [5.74, 6) is 0.904. The van der Waals surface area contributed by atoms with Crippen LogP contribution in [0.25, 0.3) is 16.9 Å². The molecular formula is C36H42N6O3S. The van der Waals surface area contributed by atoms with E-state index in [1.165, 1.54) is 10.4 Å². The van der Waals surface area contributed by atoms with E-state index in [1.54, 1.807) is 18.4 Å². The van der Waals surface area contributed by atoms with Crippen molar-refractivity contribution in [3.63, 3.8) is 0 Å². The minimum absolute atomic E-state index is 0.0152. The summed E-state index contributed by atoms with van der Waals surface area (Å²) in [7, 11) is 8.02. The number of hydrogen-bond donors (Lipinski definition) is 0. The van der Waals surface area contributed by atoms with Crippen molar-refractivity contribution >= 4 is 23.2 Å². The van der Waals surface area contributed by atoms with Crippen LogP contribution in [-0.2, 0) is 18.4 Å². The predicted molar refractivity (Wildman–Crippen MR) is 181 cm³/mol. The highest BCUT2D eigenvalue weighted by Gasteiger charge is 2.40. The van der Waals surface area contributed by atoms with E-state index >= 15 is 0 Å². The van der Waals surface area contributed by atoms with Crippen molar-refractivity contribution in [1.82, 2.24) is 29.4 Å². The van der Waals surface area contributed by atoms with Crippen LogP contribution in [0.3, 0.4) is 0 Å². The molecule has 10 heteroatoms. The minimum atomic E-state index is -0.159. The smallest absolute Gasteiger partial charge is 0.274 e. The summed E-state index contributed by atoms with van der Waals surface area (Å²) < 4.78 is 7.44. The summed E-state index contributed by atoms with van der Waals surface area (Å²) in [6.07, 6.45) is 3.39. The number of carbonyl (C=O) groups is 2. The second-order valence-corrected chi connectivity index (χ2v) is 13.9. The molecule has 2 aromatic heterocycles. The van der Waals surface area contributed by atoms with Crippen LogP contribution in [0.5, 0.6) is 5.75 Å². The Labute approximate surface area is 275 Å². The molecule has 2 amide bonds. The number of thiophene rings is 1. The Hall–Kier alpha value is -3.99. The lowest BCUT2D eigenvalue weighted by molar-refractivity contribution is 0.0410. The third kappa shape index (κ3) is 5.32. The maximum absolute atomic E-state index is 13.8. The standard InChI is InChI=1S/C36H42N6O3S/c1-38(2)36(26-6-5-7-28(24-26)45-4)15-17-40(18-16-36)34(43)25-8-10-27(11-9-25)42-33-29-14-23-46-31(29)13-12-30(33)32(37-42)35(44)41-21-19-39(3)20-22-41/h5-11,14,23-24H,12-13,15-22H2,1-4H3. The number of aromatic nitrogens is 2. The number of carbonyl (C=O) groups excluding carboxylic acids is 2. The Morgan fingerprint density at radius 1 is 0.891 bits per heavy atom. The summed E-state index contributed by atoms with van der Waals surface area (Å²) in [5.41, 5.74) is 6.33. The molecule has 1 aliphatic carbocycles. The number of likely N-dealkylation sites (tertiary alicyclic amines) is 1. The molecule has 0 N–H and O–H groups in total. The van der Waals surface area contributed by atoms with Crippen molar-refractivity contribution in [1.29, 1.82) is 0 Å². The van der Waals surface area contributed by atoms with Crippen molar-refractivity contribution in [2.75, 3.05) is 67.5 Å². The maximum Gasteiger partial charge on any atom is 0.274 e. The van der Waals surface area contributed by atoms with E-state index in [0.29, 0.717) is 37.4 Å². The number of fused-ring (bicyclic) bond motifs is 3. The molecule has 7 rings (SSSR count). The topological polar surface area (TPSA) is 74.1 Å². The molecule has 0 bridgehead atoms. The molecule has 3 aliphatic rings. The van der Waals surface area contributed by atoms with Crippen LogP contribution in [-0.4, -0.2) is 109 Å². The highest BCUT2D eigenvalue weighted by Crippen LogP contribution is 2.41.